The molecule has 27 heavy (non-hydrogen) atoms. The molecule has 0 bridgehead atoms. The van der Waals surface area contributed by atoms with Crippen LogP contribution in [0.2, 0.25) is 0 Å². The predicted molar refractivity (Wildman–Crippen MR) is 93.1 cm³/mol. The first kappa shape index (κ1) is 18.0. The maximum Gasteiger partial charge on any atom is 0.523 e. The van der Waals surface area contributed by atoms with Crippen LogP contribution in [0.15, 0.2) is 36.6 Å². The number of rotatable bonds is 4. The van der Waals surface area contributed by atoms with Gasteiger partial charge in [-0.1, -0.05) is 18.2 Å². The van der Waals surface area contributed by atoms with Crippen molar-refractivity contribution in [1.29, 1.82) is 0 Å². The Morgan fingerprint density at radius 2 is 2.04 bits per heavy atom. The fraction of sp³-hybridized carbons (Fsp3) is 0.444. The third-order valence-electron chi connectivity index (χ3n) is 4.59. The molecule has 1 atom stereocenters. The molecule has 1 fully saturated rings. The second kappa shape index (κ2) is 7.32. The van der Waals surface area contributed by atoms with Gasteiger partial charge >= 0.3 is 6.36 Å². The van der Waals surface area contributed by atoms with Crippen LogP contribution in [0.3, 0.4) is 0 Å². The van der Waals surface area contributed by atoms with Crippen LogP contribution in [-0.2, 0) is 9.47 Å². The molecule has 1 unspecified atom stereocenters. The number of nitrogens with one attached hydrogen (secondary N) is 1. The molecule has 3 heterocycles. The van der Waals surface area contributed by atoms with Crippen molar-refractivity contribution in [3.8, 4) is 0 Å². The van der Waals surface area contributed by atoms with E-state index in [1.807, 2.05) is 12.1 Å². The number of alkyl halides is 3. The highest BCUT2D eigenvalue weighted by atomic mass is 19.4. The molecule has 2 aromatic heterocycles. The molecule has 1 saturated heterocycles. The van der Waals surface area contributed by atoms with Gasteiger partial charge in [0.1, 0.15) is 5.82 Å². The van der Waals surface area contributed by atoms with Crippen LogP contribution in [0.4, 0.5) is 19.0 Å². The molecule has 6 nitrogen and oxygen atoms in total. The van der Waals surface area contributed by atoms with Crippen LogP contribution < -0.4 is 5.32 Å². The van der Waals surface area contributed by atoms with E-state index in [1.165, 1.54) is 6.08 Å². The zero-order chi connectivity index (χ0) is 18.9. The summed E-state index contributed by atoms with van der Waals surface area (Å²) in [4.78, 5) is 4.31. The zero-order valence-electron chi connectivity index (χ0n) is 14.4. The minimum atomic E-state index is -4.67. The lowest BCUT2D eigenvalue weighted by Crippen LogP contribution is -2.28. The van der Waals surface area contributed by atoms with Crippen molar-refractivity contribution < 1.29 is 22.6 Å². The van der Waals surface area contributed by atoms with Crippen LogP contribution in [0, 0.1) is 0 Å². The number of fused-ring (bicyclic) bond motifs is 1. The highest BCUT2D eigenvalue weighted by Gasteiger charge is 2.33. The Morgan fingerprint density at radius 1 is 1.22 bits per heavy atom. The Hall–Kier alpha value is -2.39. The fourth-order valence-electron chi connectivity index (χ4n) is 3.31. The summed E-state index contributed by atoms with van der Waals surface area (Å²) in [5.41, 5.74) is 1.97. The molecule has 2 aromatic rings. The topological polar surface area (TPSA) is 60.7 Å². The van der Waals surface area contributed by atoms with E-state index in [9.17, 15) is 13.2 Å². The zero-order valence-corrected chi connectivity index (χ0v) is 14.4. The van der Waals surface area contributed by atoms with Gasteiger partial charge in [-0.3, -0.25) is 4.74 Å². The number of imidazole rings is 1. The van der Waals surface area contributed by atoms with Gasteiger partial charge in [-0.15, -0.1) is 18.3 Å². The lowest BCUT2D eigenvalue weighted by atomic mass is 10.0. The van der Waals surface area contributed by atoms with Gasteiger partial charge in [0.2, 0.25) is 0 Å². The number of ether oxygens (including phenoxy) is 2. The average molecular weight is 380 g/mol. The Kier molecular flexibility index (Phi) is 4.88. The van der Waals surface area contributed by atoms with E-state index in [0.29, 0.717) is 22.7 Å². The number of hydrogen-bond donors (Lipinski definition) is 1. The standard InChI is InChI=1S/C18H19F3N4O2/c19-18(20,21)27-14-3-1-2-12(10-14)15-11-22-17-5-4-16(24-25(15)17)23-13-6-8-26-9-7-13/h1-5,11,13-14H,6-10H2,(H,23,24). The summed E-state index contributed by atoms with van der Waals surface area (Å²) >= 11 is 0. The van der Waals surface area contributed by atoms with Gasteiger partial charge in [0.05, 0.1) is 18.0 Å². The van der Waals surface area contributed by atoms with Gasteiger partial charge in [0, 0.05) is 25.7 Å². The number of allylic oxidation sites excluding steroid dienone is 2. The van der Waals surface area contributed by atoms with Crippen LogP contribution in [0.5, 0.6) is 0 Å². The molecule has 144 valence electrons. The monoisotopic (exact) mass is 380 g/mol. The summed E-state index contributed by atoms with van der Waals surface area (Å²) in [7, 11) is 0. The summed E-state index contributed by atoms with van der Waals surface area (Å²) in [6.07, 6.45) is 2.53. The van der Waals surface area contributed by atoms with Crippen molar-refractivity contribution in [3.63, 3.8) is 0 Å². The summed E-state index contributed by atoms with van der Waals surface area (Å²) in [6.45, 7) is 1.44. The average Bonchev–Trinajstić information content (AvgIpc) is 3.05. The van der Waals surface area contributed by atoms with Crippen molar-refractivity contribution in [2.45, 2.75) is 37.8 Å². The van der Waals surface area contributed by atoms with E-state index in [0.717, 1.165) is 26.1 Å². The predicted octanol–water partition coefficient (Wildman–Crippen LogP) is 3.57. The molecule has 4 rings (SSSR count). The quantitative estimate of drug-likeness (QED) is 0.879. The Balaban J connectivity index is 1.56. The molecule has 0 amide bonds. The number of nitrogens with zero attached hydrogens (tertiary/aromatic N) is 3. The number of halogens is 3. The molecule has 1 aliphatic heterocycles. The number of hydrogen-bond acceptors (Lipinski definition) is 5. The van der Waals surface area contributed by atoms with E-state index >= 15 is 0 Å². The number of anilines is 1. The molecule has 0 aromatic carbocycles. The van der Waals surface area contributed by atoms with E-state index in [2.05, 4.69) is 20.1 Å². The van der Waals surface area contributed by atoms with Crippen molar-refractivity contribution in [2.75, 3.05) is 18.5 Å². The van der Waals surface area contributed by atoms with Crippen LogP contribution in [0.1, 0.15) is 25.0 Å². The van der Waals surface area contributed by atoms with Gasteiger partial charge in [0.25, 0.3) is 0 Å². The molecule has 9 heteroatoms. The van der Waals surface area contributed by atoms with E-state index < -0.39 is 12.5 Å². The first-order valence-corrected chi connectivity index (χ1v) is 8.79. The molecule has 2 aliphatic rings. The summed E-state index contributed by atoms with van der Waals surface area (Å²) in [5, 5.41) is 7.96. The second-order valence-corrected chi connectivity index (χ2v) is 6.55. The second-order valence-electron chi connectivity index (χ2n) is 6.55. The van der Waals surface area contributed by atoms with Gasteiger partial charge in [-0.05, 0) is 30.5 Å². The molecule has 0 radical (unpaired) electrons. The largest absolute Gasteiger partial charge is 0.523 e. The van der Waals surface area contributed by atoms with Gasteiger partial charge in [-0.25, -0.2) is 9.50 Å². The normalized spacial score (nSPS) is 21.4. The molecular formula is C18H19F3N4O2. The van der Waals surface area contributed by atoms with E-state index in [-0.39, 0.29) is 12.5 Å². The first-order valence-electron chi connectivity index (χ1n) is 8.79. The summed E-state index contributed by atoms with van der Waals surface area (Å²) < 4.78 is 48.7. The lowest BCUT2D eigenvalue weighted by Gasteiger charge is -2.23. The lowest BCUT2D eigenvalue weighted by molar-refractivity contribution is -0.335. The summed E-state index contributed by atoms with van der Waals surface area (Å²) in [6, 6.07) is 3.98. The van der Waals surface area contributed by atoms with Crippen molar-refractivity contribution >= 4 is 17.0 Å². The molecule has 1 aliphatic carbocycles. The highest BCUT2D eigenvalue weighted by molar-refractivity contribution is 5.68. The number of aromatic nitrogens is 3. The van der Waals surface area contributed by atoms with E-state index in [1.54, 1.807) is 22.9 Å². The fourth-order valence-corrected chi connectivity index (χ4v) is 3.31. The molecule has 0 spiro atoms. The van der Waals surface area contributed by atoms with Gasteiger partial charge in [0.15, 0.2) is 5.65 Å². The van der Waals surface area contributed by atoms with Gasteiger partial charge in [-0.2, -0.15) is 0 Å². The highest BCUT2D eigenvalue weighted by Crippen LogP contribution is 2.30. The molecule has 1 N–H and O–H groups in total. The summed E-state index contributed by atoms with van der Waals surface area (Å²) in [5.74, 6) is 0.698. The van der Waals surface area contributed by atoms with Crippen molar-refractivity contribution in [1.82, 2.24) is 14.6 Å². The maximum absolute atomic E-state index is 12.5. The van der Waals surface area contributed by atoms with Crippen LogP contribution in [0.25, 0.3) is 11.2 Å². The van der Waals surface area contributed by atoms with Crippen molar-refractivity contribution in [2.24, 2.45) is 0 Å². The Morgan fingerprint density at radius 3 is 2.81 bits per heavy atom. The minimum Gasteiger partial charge on any atom is -0.381 e. The molecule has 0 saturated carbocycles. The van der Waals surface area contributed by atoms with Crippen molar-refractivity contribution in [3.05, 3.63) is 42.3 Å². The smallest absolute Gasteiger partial charge is 0.381 e. The minimum absolute atomic E-state index is 0.100. The Bertz CT molecular complexity index is 869. The van der Waals surface area contributed by atoms with Crippen LogP contribution in [-0.4, -0.2) is 46.3 Å². The van der Waals surface area contributed by atoms with Gasteiger partial charge < -0.3 is 10.1 Å². The first-order chi connectivity index (χ1) is 13.0. The third-order valence-corrected chi connectivity index (χ3v) is 4.59. The molecular weight excluding hydrogens is 361 g/mol. The Labute approximate surface area is 153 Å². The van der Waals surface area contributed by atoms with Crippen LogP contribution >= 0.6 is 0 Å². The maximum atomic E-state index is 12.5. The third kappa shape index (κ3) is 4.30. The van der Waals surface area contributed by atoms with E-state index in [4.69, 9.17) is 4.74 Å². The SMILES string of the molecule is FC(F)(F)OC1C=CC=C(c2cnc3ccc(NC4CCOCC4)nn23)C1.